The van der Waals surface area contributed by atoms with E-state index in [1.807, 2.05) is 0 Å². The fraction of sp³-hybridized carbons (Fsp3) is 1.00. The largest absolute Gasteiger partial charge is 0.302 e. The van der Waals surface area contributed by atoms with Crippen LogP contribution in [0.4, 0.5) is 0 Å². The second kappa shape index (κ2) is 4.21. The Labute approximate surface area is 111 Å². The van der Waals surface area contributed by atoms with Crippen molar-refractivity contribution >= 4 is 0 Å². The van der Waals surface area contributed by atoms with Gasteiger partial charge < -0.3 is 5.32 Å². The molecule has 0 aromatic rings. The van der Waals surface area contributed by atoms with Gasteiger partial charge in [0.05, 0.1) is 5.66 Å². The van der Waals surface area contributed by atoms with E-state index in [0.29, 0.717) is 5.66 Å². The molecule has 102 valence electrons. The Morgan fingerprint density at radius 3 is 1.89 bits per heavy atom. The van der Waals surface area contributed by atoms with E-state index in [-0.39, 0.29) is 0 Å². The monoisotopic (exact) mass is 248 g/mol. The zero-order valence-electron chi connectivity index (χ0n) is 11.8. The van der Waals surface area contributed by atoms with Crippen molar-refractivity contribution in [3.05, 3.63) is 0 Å². The van der Waals surface area contributed by atoms with Gasteiger partial charge in [-0.25, -0.2) is 0 Å². The fourth-order valence-corrected chi connectivity index (χ4v) is 6.25. The molecule has 1 aliphatic heterocycles. The predicted octanol–water partition coefficient (Wildman–Crippen LogP) is 2.84. The molecule has 0 aromatic heterocycles. The van der Waals surface area contributed by atoms with Gasteiger partial charge in [0.25, 0.3) is 0 Å². The number of hydrogen-bond acceptors (Lipinski definition) is 2. The Morgan fingerprint density at radius 1 is 0.833 bits per heavy atom. The van der Waals surface area contributed by atoms with Crippen LogP contribution in [0.1, 0.15) is 51.4 Å². The van der Waals surface area contributed by atoms with Gasteiger partial charge in [-0.1, -0.05) is 6.42 Å². The number of nitrogens with one attached hydrogen (secondary N) is 1. The van der Waals surface area contributed by atoms with Gasteiger partial charge in [0.2, 0.25) is 0 Å². The molecule has 18 heavy (non-hydrogen) atoms. The van der Waals surface area contributed by atoms with Crippen molar-refractivity contribution in [2.45, 2.75) is 57.0 Å². The first-order valence-corrected chi connectivity index (χ1v) is 8.27. The summed E-state index contributed by atoms with van der Waals surface area (Å²) < 4.78 is 0. The zero-order valence-corrected chi connectivity index (χ0v) is 11.8. The van der Waals surface area contributed by atoms with Crippen molar-refractivity contribution in [2.24, 2.45) is 23.7 Å². The molecule has 0 unspecified atom stereocenters. The van der Waals surface area contributed by atoms with Crippen LogP contribution in [0.3, 0.4) is 0 Å². The molecule has 2 nitrogen and oxygen atoms in total. The first kappa shape index (κ1) is 11.7. The average molecular weight is 248 g/mol. The normalized spacial score (nSPS) is 51.8. The summed E-state index contributed by atoms with van der Waals surface area (Å²) in [5.74, 6) is 4.08. The summed E-state index contributed by atoms with van der Waals surface area (Å²) in [4.78, 5) is 2.86. The first-order valence-electron chi connectivity index (χ1n) is 8.27. The third-order valence-electron chi connectivity index (χ3n) is 6.66. The van der Waals surface area contributed by atoms with Crippen molar-refractivity contribution in [1.82, 2.24) is 10.2 Å². The van der Waals surface area contributed by atoms with Crippen LogP contribution in [-0.4, -0.2) is 30.7 Å². The molecule has 0 aromatic carbocycles. The third-order valence-corrected chi connectivity index (χ3v) is 6.66. The van der Waals surface area contributed by atoms with Crippen LogP contribution >= 0.6 is 0 Å². The van der Waals surface area contributed by atoms with Crippen LogP contribution < -0.4 is 5.32 Å². The molecule has 5 aliphatic rings. The van der Waals surface area contributed by atoms with Crippen molar-refractivity contribution in [3.63, 3.8) is 0 Å². The van der Waals surface area contributed by atoms with Gasteiger partial charge in [-0.2, -0.15) is 0 Å². The molecule has 1 saturated heterocycles. The maximum absolute atomic E-state index is 3.86. The average Bonchev–Trinajstić information content (AvgIpc) is 2.40. The van der Waals surface area contributed by atoms with E-state index in [1.54, 1.807) is 6.42 Å². The topological polar surface area (TPSA) is 15.3 Å². The molecular weight excluding hydrogens is 220 g/mol. The number of likely N-dealkylation sites (tertiary alicyclic amines) is 1. The van der Waals surface area contributed by atoms with Crippen molar-refractivity contribution < 1.29 is 0 Å². The first-order chi connectivity index (χ1) is 8.83. The Kier molecular flexibility index (Phi) is 2.74. The van der Waals surface area contributed by atoms with Gasteiger partial charge in [0.1, 0.15) is 0 Å². The highest BCUT2D eigenvalue weighted by atomic mass is 15.3. The molecule has 5 fully saturated rings. The smallest absolute Gasteiger partial charge is 0.0768 e. The van der Waals surface area contributed by atoms with Gasteiger partial charge in [0.15, 0.2) is 0 Å². The number of hydrogen-bond donors (Lipinski definition) is 1. The summed E-state index contributed by atoms with van der Waals surface area (Å²) in [6, 6.07) is 0. The van der Waals surface area contributed by atoms with Gasteiger partial charge >= 0.3 is 0 Å². The summed E-state index contributed by atoms with van der Waals surface area (Å²) in [6.45, 7) is 2.70. The molecule has 0 radical (unpaired) electrons. The lowest BCUT2D eigenvalue weighted by atomic mass is 9.51. The van der Waals surface area contributed by atoms with E-state index in [2.05, 4.69) is 17.3 Å². The molecule has 2 heteroatoms. The second-order valence-electron chi connectivity index (χ2n) is 7.43. The maximum atomic E-state index is 3.86. The zero-order chi connectivity index (χ0) is 12.2. The number of piperidine rings is 1. The molecule has 5 rings (SSSR count). The number of nitrogens with zero attached hydrogens (tertiary/aromatic N) is 1. The van der Waals surface area contributed by atoms with E-state index < -0.39 is 0 Å². The Bertz CT molecular complexity index is 286. The fourth-order valence-electron chi connectivity index (χ4n) is 6.25. The standard InChI is InChI=1S/C16H28N2/c1-17-16(18-5-3-2-4-6-18)14-8-12-7-13(10-14)11-15(16)9-12/h12-15,17H,2-11H2,1H3. The van der Waals surface area contributed by atoms with Crippen LogP contribution in [0, 0.1) is 23.7 Å². The Balaban J connectivity index is 1.66. The third kappa shape index (κ3) is 1.48. The van der Waals surface area contributed by atoms with Crippen LogP contribution in [0.2, 0.25) is 0 Å². The number of rotatable bonds is 2. The molecule has 4 aliphatic carbocycles. The minimum absolute atomic E-state index is 0.397. The lowest BCUT2D eigenvalue weighted by Gasteiger charge is -2.65. The quantitative estimate of drug-likeness (QED) is 0.808. The SMILES string of the molecule is CNC1(N2CCCCC2)C2CC3CC(C2)CC1C3. The minimum atomic E-state index is 0.397. The van der Waals surface area contributed by atoms with Crippen LogP contribution in [0.15, 0.2) is 0 Å². The lowest BCUT2D eigenvalue weighted by Crippen LogP contribution is -2.72. The Morgan fingerprint density at radius 2 is 1.39 bits per heavy atom. The summed E-state index contributed by atoms with van der Waals surface area (Å²) in [6.07, 6.45) is 11.9. The van der Waals surface area contributed by atoms with Crippen molar-refractivity contribution in [3.8, 4) is 0 Å². The molecule has 0 amide bonds. The van der Waals surface area contributed by atoms with Gasteiger partial charge in [-0.15, -0.1) is 0 Å². The van der Waals surface area contributed by atoms with Gasteiger partial charge in [0, 0.05) is 0 Å². The van der Waals surface area contributed by atoms with E-state index in [0.717, 1.165) is 23.7 Å². The van der Waals surface area contributed by atoms with E-state index >= 15 is 0 Å². The predicted molar refractivity (Wildman–Crippen MR) is 74.3 cm³/mol. The summed E-state index contributed by atoms with van der Waals surface area (Å²) in [7, 11) is 2.25. The molecule has 4 saturated carbocycles. The second-order valence-corrected chi connectivity index (χ2v) is 7.43. The van der Waals surface area contributed by atoms with Crippen LogP contribution in [0.5, 0.6) is 0 Å². The van der Waals surface area contributed by atoms with Crippen LogP contribution in [-0.2, 0) is 0 Å². The molecule has 4 bridgehead atoms. The summed E-state index contributed by atoms with van der Waals surface area (Å²) in [5, 5.41) is 3.86. The molecule has 1 N–H and O–H groups in total. The maximum Gasteiger partial charge on any atom is 0.0768 e. The van der Waals surface area contributed by atoms with Gasteiger partial charge in [-0.3, -0.25) is 4.90 Å². The molecule has 1 heterocycles. The van der Waals surface area contributed by atoms with E-state index in [9.17, 15) is 0 Å². The van der Waals surface area contributed by atoms with Gasteiger partial charge in [-0.05, 0) is 88.8 Å². The summed E-state index contributed by atoms with van der Waals surface area (Å²) in [5.41, 5.74) is 0.397. The lowest BCUT2D eigenvalue weighted by molar-refractivity contribution is -0.155. The summed E-state index contributed by atoms with van der Waals surface area (Å²) >= 11 is 0. The highest BCUT2D eigenvalue weighted by Gasteiger charge is 2.58. The molecule has 0 spiro atoms. The highest BCUT2D eigenvalue weighted by molar-refractivity contribution is 5.10. The molecular formula is C16H28N2. The van der Waals surface area contributed by atoms with Crippen molar-refractivity contribution in [1.29, 1.82) is 0 Å². The minimum Gasteiger partial charge on any atom is -0.302 e. The molecule has 0 atom stereocenters. The van der Waals surface area contributed by atoms with Crippen LogP contribution in [0.25, 0.3) is 0 Å². The van der Waals surface area contributed by atoms with Crippen molar-refractivity contribution in [2.75, 3.05) is 20.1 Å². The Hall–Kier alpha value is -0.0800. The highest BCUT2D eigenvalue weighted by Crippen LogP contribution is 2.59. The van der Waals surface area contributed by atoms with E-state index in [1.165, 1.54) is 58.0 Å². The van der Waals surface area contributed by atoms with E-state index in [4.69, 9.17) is 0 Å².